The second-order valence-electron chi connectivity index (χ2n) is 3.03. The monoisotopic (exact) mass is 313 g/mol. The molecular weight excluding hydrogens is 305 g/mol. The molecule has 0 radical (unpaired) electrons. The highest BCUT2D eigenvalue weighted by Crippen LogP contribution is 2.25. The van der Waals surface area contributed by atoms with Gasteiger partial charge < -0.3 is 10.2 Å². The van der Waals surface area contributed by atoms with Crippen LogP contribution in [-0.2, 0) is 0 Å². The van der Waals surface area contributed by atoms with E-state index < -0.39 is 12.2 Å². The number of hydrogen-bond acceptors (Lipinski definition) is 3. The molecule has 1 aromatic rings. The highest BCUT2D eigenvalue weighted by atomic mass is 79.9. The molecule has 2 N–H and O–H groups in total. The Hall–Kier alpha value is 0.130. The normalized spacial score (nSPS) is 15.0. The van der Waals surface area contributed by atoms with Crippen LogP contribution in [0.5, 0.6) is 0 Å². The number of halogens is 3. The maximum Gasteiger partial charge on any atom is 0.147 e. The minimum atomic E-state index is -0.996. The van der Waals surface area contributed by atoms with E-state index in [4.69, 9.17) is 23.2 Å². The SMILES string of the molecule is OC(CCBr)C(O)c1cnc(Cl)c(Cl)c1. The van der Waals surface area contributed by atoms with Crippen LogP contribution in [0.4, 0.5) is 0 Å². The van der Waals surface area contributed by atoms with Gasteiger partial charge in [-0.05, 0) is 12.5 Å². The van der Waals surface area contributed by atoms with Crippen LogP contribution in [0, 0.1) is 0 Å². The Morgan fingerprint density at radius 1 is 1.40 bits per heavy atom. The predicted molar refractivity (Wildman–Crippen MR) is 63.6 cm³/mol. The molecule has 0 saturated carbocycles. The lowest BCUT2D eigenvalue weighted by Gasteiger charge is -2.17. The van der Waals surface area contributed by atoms with Crippen molar-refractivity contribution in [3.8, 4) is 0 Å². The van der Waals surface area contributed by atoms with Gasteiger partial charge in [0.2, 0.25) is 0 Å². The van der Waals surface area contributed by atoms with Crippen LogP contribution in [0.1, 0.15) is 18.1 Å². The van der Waals surface area contributed by atoms with Gasteiger partial charge in [-0.1, -0.05) is 39.1 Å². The molecule has 0 aliphatic carbocycles. The zero-order chi connectivity index (χ0) is 11.4. The molecule has 1 heterocycles. The second-order valence-corrected chi connectivity index (χ2v) is 4.59. The van der Waals surface area contributed by atoms with E-state index in [1.807, 2.05) is 0 Å². The Labute approximate surface area is 106 Å². The summed E-state index contributed by atoms with van der Waals surface area (Å²) in [5.74, 6) is 0. The average molecular weight is 315 g/mol. The smallest absolute Gasteiger partial charge is 0.147 e. The maximum absolute atomic E-state index is 9.72. The number of nitrogens with zero attached hydrogens (tertiary/aromatic N) is 1. The van der Waals surface area contributed by atoms with Gasteiger partial charge in [0.1, 0.15) is 11.3 Å². The minimum absolute atomic E-state index is 0.183. The van der Waals surface area contributed by atoms with Crippen LogP contribution in [0.15, 0.2) is 12.3 Å². The Kier molecular flexibility index (Phi) is 5.29. The first-order valence-corrected chi connectivity index (χ1v) is 6.17. The molecule has 1 aromatic heterocycles. The van der Waals surface area contributed by atoms with Gasteiger partial charge in [0, 0.05) is 17.1 Å². The van der Waals surface area contributed by atoms with E-state index in [1.54, 1.807) is 0 Å². The zero-order valence-corrected chi connectivity index (χ0v) is 10.8. The van der Waals surface area contributed by atoms with Crippen molar-refractivity contribution in [1.29, 1.82) is 0 Å². The van der Waals surface area contributed by atoms with Crippen LogP contribution in [-0.4, -0.2) is 26.6 Å². The third-order valence-electron chi connectivity index (χ3n) is 1.93. The summed E-state index contributed by atoms with van der Waals surface area (Å²) in [7, 11) is 0. The molecule has 15 heavy (non-hydrogen) atoms. The Bertz CT molecular complexity index is 338. The third kappa shape index (κ3) is 3.57. The van der Waals surface area contributed by atoms with E-state index in [-0.39, 0.29) is 10.2 Å². The highest BCUT2D eigenvalue weighted by Gasteiger charge is 2.18. The average Bonchev–Trinajstić information content (AvgIpc) is 2.21. The molecule has 0 aromatic carbocycles. The molecule has 84 valence electrons. The van der Waals surface area contributed by atoms with Gasteiger partial charge in [0.15, 0.2) is 0 Å². The van der Waals surface area contributed by atoms with E-state index in [0.29, 0.717) is 17.3 Å². The van der Waals surface area contributed by atoms with Crippen molar-refractivity contribution in [2.24, 2.45) is 0 Å². The van der Waals surface area contributed by atoms with Crippen molar-refractivity contribution >= 4 is 39.1 Å². The lowest BCUT2D eigenvalue weighted by molar-refractivity contribution is 0.0172. The molecule has 3 nitrogen and oxygen atoms in total. The van der Waals surface area contributed by atoms with Crippen molar-refractivity contribution in [3.63, 3.8) is 0 Å². The first kappa shape index (κ1) is 13.2. The summed E-state index contributed by atoms with van der Waals surface area (Å²) in [4.78, 5) is 3.79. The van der Waals surface area contributed by atoms with Crippen LogP contribution in [0.25, 0.3) is 0 Å². The standard InChI is InChI=1S/C9H10BrCl2NO2/c10-2-1-7(14)8(15)5-3-6(11)9(12)13-4-5/h3-4,7-8,14-15H,1-2H2. The largest absolute Gasteiger partial charge is 0.390 e. The summed E-state index contributed by atoms with van der Waals surface area (Å²) in [6.45, 7) is 0. The molecule has 0 spiro atoms. The molecular formula is C9H10BrCl2NO2. The highest BCUT2D eigenvalue weighted by molar-refractivity contribution is 9.09. The van der Waals surface area contributed by atoms with Gasteiger partial charge in [-0.2, -0.15) is 0 Å². The van der Waals surface area contributed by atoms with Crippen molar-refractivity contribution in [2.75, 3.05) is 5.33 Å². The van der Waals surface area contributed by atoms with E-state index in [2.05, 4.69) is 20.9 Å². The Morgan fingerprint density at radius 2 is 2.07 bits per heavy atom. The first-order valence-electron chi connectivity index (χ1n) is 4.29. The molecule has 6 heteroatoms. The number of aliphatic hydroxyl groups excluding tert-OH is 2. The van der Waals surface area contributed by atoms with Gasteiger partial charge in [0.05, 0.1) is 11.1 Å². The molecule has 2 atom stereocenters. The number of aromatic nitrogens is 1. The molecule has 0 amide bonds. The van der Waals surface area contributed by atoms with Gasteiger partial charge >= 0.3 is 0 Å². The quantitative estimate of drug-likeness (QED) is 0.663. The minimum Gasteiger partial charge on any atom is -0.390 e. The van der Waals surface area contributed by atoms with E-state index in [1.165, 1.54) is 12.3 Å². The van der Waals surface area contributed by atoms with E-state index >= 15 is 0 Å². The van der Waals surface area contributed by atoms with Crippen molar-refractivity contribution in [3.05, 3.63) is 28.0 Å². The number of pyridine rings is 1. The fourth-order valence-corrected chi connectivity index (χ4v) is 1.84. The van der Waals surface area contributed by atoms with Crippen molar-refractivity contribution in [2.45, 2.75) is 18.6 Å². The van der Waals surface area contributed by atoms with Crippen LogP contribution < -0.4 is 0 Å². The summed E-state index contributed by atoms with van der Waals surface area (Å²) in [6.07, 6.45) is 0.00539. The summed E-state index contributed by atoms with van der Waals surface area (Å²) < 4.78 is 0. The number of aliphatic hydroxyl groups is 2. The molecule has 2 unspecified atom stereocenters. The summed E-state index contributed by atoms with van der Waals surface area (Å²) in [5, 5.41) is 20.3. The number of rotatable bonds is 4. The van der Waals surface area contributed by atoms with E-state index in [9.17, 15) is 10.2 Å². The first-order chi connectivity index (χ1) is 7.06. The number of hydrogen-bond donors (Lipinski definition) is 2. The fourth-order valence-electron chi connectivity index (χ4n) is 1.09. The van der Waals surface area contributed by atoms with Crippen LogP contribution in [0.2, 0.25) is 10.2 Å². The Balaban J connectivity index is 2.81. The zero-order valence-electron chi connectivity index (χ0n) is 7.70. The second kappa shape index (κ2) is 6.01. The summed E-state index contributed by atoms with van der Waals surface area (Å²) in [5.41, 5.74) is 0.456. The van der Waals surface area contributed by atoms with Crippen molar-refractivity contribution in [1.82, 2.24) is 4.98 Å². The van der Waals surface area contributed by atoms with Gasteiger partial charge in [0.25, 0.3) is 0 Å². The Morgan fingerprint density at radius 3 is 2.60 bits per heavy atom. The lowest BCUT2D eigenvalue weighted by Crippen LogP contribution is -2.18. The molecule has 0 bridgehead atoms. The number of alkyl halides is 1. The summed E-state index contributed by atoms with van der Waals surface area (Å²) >= 11 is 14.6. The molecule has 0 aliphatic heterocycles. The molecule has 0 saturated heterocycles. The van der Waals surface area contributed by atoms with Crippen LogP contribution in [0.3, 0.4) is 0 Å². The molecule has 0 aliphatic rings. The lowest BCUT2D eigenvalue weighted by atomic mass is 10.1. The van der Waals surface area contributed by atoms with E-state index in [0.717, 1.165) is 0 Å². The van der Waals surface area contributed by atoms with Gasteiger partial charge in [-0.3, -0.25) is 0 Å². The third-order valence-corrected chi connectivity index (χ3v) is 3.07. The van der Waals surface area contributed by atoms with Gasteiger partial charge in [-0.15, -0.1) is 0 Å². The fraction of sp³-hybridized carbons (Fsp3) is 0.444. The maximum atomic E-state index is 9.72. The van der Waals surface area contributed by atoms with Crippen LogP contribution >= 0.6 is 39.1 Å². The predicted octanol–water partition coefficient (Wildman–Crippen LogP) is 2.57. The topological polar surface area (TPSA) is 53.4 Å². The molecule has 0 fully saturated rings. The van der Waals surface area contributed by atoms with Crippen molar-refractivity contribution < 1.29 is 10.2 Å². The summed E-state index contributed by atoms with van der Waals surface area (Å²) in [6, 6.07) is 1.50. The van der Waals surface area contributed by atoms with Gasteiger partial charge in [-0.25, -0.2) is 4.98 Å². The molecule has 1 rings (SSSR count).